The van der Waals surface area contributed by atoms with Crippen LogP contribution >= 0.6 is 0 Å². The van der Waals surface area contributed by atoms with Gasteiger partial charge in [0.1, 0.15) is 0 Å². The Bertz CT molecular complexity index is 919. The van der Waals surface area contributed by atoms with Crippen LogP contribution in [0.2, 0.25) is 0 Å². The molecule has 2 aliphatic heterocycles. The number of hydrogen-bond acceptors (Lipinski definition) is 6. The molecular formula is C21H27FN4O3. The number of halogens is 1. The first kappa shape index (κ1) is 19.8. The van der Waals surface area contributed by atoms with Gasteiger partial charge in [0.15, 0.2) is 11.6 Å². The number of anilines is 1. The Morgan fingerprint density at radius 1 is 1.24 bits per heavy atom. The summed E-state index contributed by atoms with van der Waals surface area (Å²) in [5.41, 5.74) is 1.53. The van der Waals surface area contributed by atoms with Crippen LogP contribution < -0.4 is 15.2 Å². The van der Waals surface area contributed by atoms with Gasteiger partial charge in [-0.25, -0.2) is 9.07 Å². The molecule has 1 N–H and O–H groups in total. The summed E-state index contributed by atoms with van der Waals surface area (Å²) in [7, 11) is 1.45. The van der Waals surface area contributed by atoms with E-state index in [1.807, 2.05) is 11.0 Å². The second-order valence-electron chi connectivity index (χ2n) is 7.89. The molecule has 3 heterocycles. The fourth-order valence-corrected chi connectivity index (χ4v) is 4.27. The number of aromatic nitrogens is 2. The van der Waals surface area contributed by atoms with Crippen molar-refractivity contribution < 1.29 is 14.2 Å². The number of benzene rings is 1. The number of aliphatic hydroxyl groups excluding tert-OH is 1. The molecule has 2 saturated heterocycles. The first-order valence-electron chi connectivity index (χ1n) is 10.1. The zero-order valence-electron chi connectivity index (χ0n) is 16.6. The maximum Gasteiger partial charge on any atom is 0.269 e. The van der Waals surface area contributed by atoms with Gasteiger partial charge >= 0.3 is 0 Å². The summed E-state index contributed by atoms with van der Waals surface area (Å²) in [6.45, 7) is 3.50. The van der Waals surface area contributed by atoms with Crippen molar-refractivity contribution in [1.29, 1.82) is 0 Å². The number of piperidine rings is 1. The van der Waals surface area contributed by atoms with E-state index >= 15 is 0 Å². The predicted molar refractivity (Wildman–Crippen MR) is 108 cm³/mol. The number of β-amino-alcohol motifs (C(OH)–C–C–N with tert-alkyl or cyclic N) is 1. The molecule has 0 aliphatic carbocycles. The van der Waals surface area contributed by atoms with Gasteiger partial charge in [-0.15, -0.1) is 0 Å². The molecule has 2 atom stereocenters. The van der Waals surface area contributed by atoms with Crippen molar-refractivity contribution in [3.05, 3.63) is 52.2 Å². The average Bonchev–Trinajstić information content (AvgIpc) is 3.15. The van der Waals surface area contributed by atoms with Gasteiger partial charge in [-0.05, 0) is 43.5 Å². The van der Waals surface area contributed by atoms with Crippen LogP contribution in [0, 0.1) is 5.82 Å². The summed E-state index contributed by atoms with van der Waals surface area (Å²) in [6.07, 6.45) is 3.94. The first-order valence-corrected chi connectivity index (χ1v) is 10.1. The molecule has 0 spiro atoms. The lowest BCUT2D eigenvalue weighted by atomic mass is 10.0. The number of methoxy groups -OCH3 is 1. The van der Waals surface area contributed by atoms with Crippen molar-refractivity contribution in [1.82, 2.24) is 14.7 Å². The fraction of sp³-hybridized carbons (Fsp3) is 0.524. The number of rotatable bonds is 5. The highest BCUT2D eigenvalue weighted by Gasteiger charge is 2.25. The van der Waals surface area contributed by atoms with Gasteiger partial charge in [-0.2, -0.15) is 5.10 Å². The van der Waals surface area contributed by atoms with E-state index < -0.39 is 0 Å². The monoisotopic (exact) mass is 402 g/mol. The van der Waals surface area contributed by atoms with Crippen LogP contribution in [0.15, 0.2) is 35.3 Å². The highest BCUT2D eigenvalue weighted by molar-refractivity contribution is 5.44. The third kappa shape index (κ3) is 4.43. The minimum absolute atomic E-state index is 0.00226. The molecule has 0 saturated carbocycles. The summed E-state index contributed by atoms with van der Waals surface area (Å²) in [6, 6.07) is 6.63. The molecule has 0 unspecified atom stereocenters. The third-order valence-electron chi connectivity index (χ3n) is 5.79. The van der Waals surface area contributed by atoms with Crippen molar-refractivity contribution in [2.45, 2.75) is 38.0 Å². The lowest BCUT2D eigenvalue weighted by molar-refractivity contribution is 0.160. The van der Waals surface area contributed by atoms with Crippen LogP contribution in [0.5, 0.6) is 5.75 Å². The van der Waals surface area contributed by atoms with Gasteiger partial charge in [-0.3, -0.25) is 9.69 Å². The number of aliphatic hydroxyl groups is 1. The van der Waals surface area contributed by atoms with Gasteiger partial charge in [-0.1, -0.05) is 6.07 Å². The lowest BCUT2D eigenvalue weighted by Gasteiger charge is -2.33. The van der Waals surface area contributed by atoms with Crippen LogP contribution in [0.3, 0.4) is 0 Å². The van der Waals surface area contributed by atoms with E-state index in [9.17, 15) is 14.3 Å². The van der Waals surface area contributed by atoms with Crippen molar-refractivity contribution >= 4 is 5.69 Å². The highest BCUT2D eigenvalue weighted by atomic mass is 19.1. The van der Waals surface area contributed by atoms with Crippen LogP contribution in [0.1, 0.15) is 30.9 Å². The largest absolute Gasteiger partial charge is 0.494 e. The molecule has 0 radical (unpaired) electrons. The van der Waals surface area contributed by atoms with Gasteiger partial charge in [0.2, 0.25) is 0 Å². The van der Waals surface area contributed by atoms with E-state index in [0.29, 0.717) is 26.1 Å². The Kier molecular flexibility index (Phi) is 5.82. The number of likely N-dealkylation sites (tertiary alicyclic amines) is 1. The SMILES string of the molecule is COc1ccc(CN2CCC[C@H](n3ncc(N4CC[C@H](O)C4)cc3=O)C2)cc1F. The maximum absolute atomic E-state index is 14.0. The molecule has 0 amide bonds. The van der Waals surface area contributed by atoms with Crippen molar-refractivity contribution in [3.8, 4) is 5.75 Å². The maximum atomic E-state index is 14.0. The van der Waals surface area contributed by atoms with E-state index in [1.165, 1.54) is 13.2 Å². The molecule has 7 nitrogen and oxygen atoms in total. The van der Waals surface area contributed by atoms with Crippen LogP contribution in [-0.2, 0) is 6.54 Å². The van der Waals surface area contributed by atoms with Crippen LogP contribution in [0.4, 0.5) is 10.1 Å². The second-order valence-corrected chi connectivity index (χ2v) is 7.89. The minimum atomic E-state index is -0.362. The molecule has 1 aromatic heterocycles. The van der Waals surface area contributed by atoms with Crippen molar-refractivity contribution in [2.24, 2.45) is 0 Å². The zero-order valence-corrected chi connectivity index (χ0v) is 16.6. The molecule has 0 bridgehead atoms. The Morgan fingerprint density at radius 3 is 2.79 bits per heavy atom. The Morgan fingerprint density at radius 2 is 2.10 bits per heavy atom. The lowest BCUT2D eigenvalue weighted by Crippen LogP contribution is -2.40. The highest BCUT2D eigenvalue weighted by Crippen LogP contribution is 2.24. The summed E-state index contributed by atoms with van der Waals surface area (Å²) < 4.78 is 20.5. The molecule has 2 aliphatic rings. The third-order valence-corrected chi connectivity index (χ3v) is 5.79. The summed E-state index contributed by atoms with van der Waals surface area (Å²) in [5, 5.41) is 14.1. The molecule has 29 heavy (non-hydrogen) atoms. The summed E-state index contributed by atoms with van der Waals surface area (Å²) in [5.74, 6) is -0.120. The normalized spacial score (nSPS) is 22.8. The van der Waals surface area contributed by atoms with Crippen molar-refractivity contribution in [3.63, 3.8) is 0 Å². The Hall–Kier alpha value is -2.45. The average molecular weight is 402 g/mol. The van der Waals surface area contributed by atoms with E-state index in [2.05, 4.69) is 10.00 Å². The van der Waals surface area contributed by atoms with E-state index in [0.717, 1.165) is 37.2 Å². The van der Waals surface area contributed by atoms with Gasteiger partial charge in [0, 0.05) is 32.2 Å². The zero-order chi connectivity index (χ0) is 20.4. The van der Waals surface area contributed by atoms with Crippen molar-refractivity contribution in [2.75, 3.05) is 38.2 Å². The first-order chi connectivity index (χ1) is 14.0. The number of ether oxygens (including phenoxy) is 1. The fourth-order valence-electron chi connectivity index (χ4n) is 4.27. The second kappa shape index (κ2) is 8.51. The molecule has 2 fully saturated rings. The van der Waals surface area contributed by atoms with E-state index in [4.69, 9.17) is 4.74 Å². The van der Waals surface area contributed by atoms with E-state index in [1.54, 1.807) is 23.0 Å². The topological polar surface area (TPSA) is 70.8 Å². The van der Waals surface area contributed by atoms with Gasteiger partial charge < -0.3 is 14.7 Å². The summed E-state index contributed by atoms with van der Waals surface area (Å²) in [4.78, 5) is 16.9. The summed E-state index contributed by atoms with van der Waals surface area (Å²) >= 11 is 0. The number of hydrogen-bond donors (Lipinski definition) is 1. The Balaban J connectivity index is 1.44. The van der Waals surface area contributed by atoms with E-state index in [-0.39, 0.29) is 29.3 Å². The van der Waals surface area contributed by atoms with Gasteiger partial charge in [0.25, 0.3) is 5.56 Å². The molecule has 8 heteroatoms. The number of nitrogens with zero attached hydrogens (tertiary/aromatic N) is 4. The smallest absolute Gasteiger partial charge is 0.269 e. The minimum Gasteiger partial charge on any atom is -0.494 e. The molecule has 156 valence electrons. The standard InChI is InChI=1S/C21H27FN4O3/c1-29-20-5-4-15(9-19(20)22)12-24-7-2-3-16(13-24)26-21(28)10-17(11-23-26)25-8-6-18(27)14-25/h4-5,9-11,16,18,27H,2-3,6-8,12-14H2,1H3/t16-,18-/m0/s1. The molecule has 1 aromatic carbocycles. The molecule has 4 rings (SSSR count). The molecule has 2 aromatic rings. The Labute approximate surface area is 169 Å². The molecular weight excluding hydrogens is 375 g/mol. The van der Waals surface area contributed by atoms with Crippen LogP contribution in [0.25, 0.3) is 0 Å². The van der Waals surface area contributed by atoms with Crippen LogP contribution in [-0.4, -0.2) is 59.2 Å². The quantitative estimate of drug-likeness (QED) is 0.823. The van der Waals surface area contributed by atoms with Gasteiger partial charge in [0.05, 0.1) is 31.1 Å². The predicted octanol–water partition coefficient (Wildman–Crippen LogP) is 1.80.